The predicted molar refractivity (Wildman–Crippen MR) is 131 cm³/mol. The normalized spacial score (nSPS) is 11.8. The van der Waals surface area contributed by atoms with Crippen LogP contribution in [-0.2, 0) is 16.0 Å². The summed E-state index contributed by atoms with van der Waals surface area (Å²) in [7, 11) is 1.48. The van der Waals surface area contributed by atoms with Crippen molar-refractivity contribution in [2.45, 2.75) is 12.5 Å². The molecule has 0 aliphatic heterocycles. The van der Waals surface area contributed by atoms with Gasteiger partial charge in [0, 0.05) is 24.1 Å². The number of hydrogen-bond donors (Lipinski definition) is 3. The average Bonchev–Trinajstić information content (AvgIpc) is 2.88. The van der Waals surface area contributed by atoms with Gasteiger partial charge in [-0.3, -0.25) is 19.7 Å². The van der Waals surface area contributed by atoms with E-state index in [-0.39, 0.29) is 23.4 Å². The molecule has 2 amide bonds. The molecule has 0 aliphatic rings. The lowest BCUT2D eigenvalue weighted by atomic mass is 10.1. The van der Waals surface area contributed by atoms with E-state index in [9.17, 15) is 29.6 Å². The zero-order valence-electron chi connectivity index (χ0n) is 19.2. The van der Waals surface area contributed by atoms with Gasteiger partial charge in [0.25, 0.3) is 17.5 Å². The van der Waals surface area contributed by atoms with E-state index in [2.05, 4.69) is 10.6 Å². The minimum atomic E-state index is -1.27. The van der Waals surface area contributed by atoms with Gasteiger partial charge in [0.05, 0.1) is 12.0 Å². The Morgan fingerprint density at radius 1 is 1.00 bits per heavy atom. The van der Waals surface area contributed by atoms with Crippen LogP contribution in [0.15, 0.2) is 84.6 Å². The number of amides is 2. The van der Waals surface area contributed by atoms with Crippen LogP contribution in [0.4, 0.5) is 5.69 Å². The second kappa shape index (κ2) is 11.9. The van der Waals surface area contributed by atoms with Crippen molar-refractivity contribution in [2.24, 2.45) is 0 Å². The average molecular weight is 489 g/mol. The third-order valence-corrected chi connectivity index (χ3v) is 5.15. The molecule has 10 heteroatoms. The van der Waals surface area contributed by atoms with Gasteiger partial charge in [-0.25, -0.2) is 4.79 Å². The SMILES string of the molecule is COc1ccc(C(=O)N/C(=C\c2ccc([N+](=O)[O-])cc2)C(=O)N[C@H](Cc2ccccc2)C(=O)O)cc1. The molecule has 0 spiro atoms. The fourth-order valence-corrected chi connectivity index (χ4v) is 3.24. The van der Waals surface area contributed by atoms with Crippen LogP contribution >= 0.6 is 0 Å². The Labute approximate surface area is 206 Å². The third-order valence-electron chi connectivity index (χ3n) is 5.15. The number of benzene rings is 3. The summed E-state index contributed by atoms with van der Waals surface area (Å²) in [6, 6.07) is 19.0. The molecule has 0 radical (unpaired) electrons. The molecule has 3 aromatic carbocycles. The summed E-state index contributed by atoms with van der Waals surface area (Å²) >= 11 is 0. The molecule has 3 aromatic rings. The van der Waals surface area contributed by atoms with Gasteiger partial charge in [-0.05, 0) is 53.6 Å². The molecule has 0 aliphatic carbocycles. The number of nitrogens with zero attached hydrogens (tertiary/aromatic N) is 1. The summed E-state index contributed by atoms with van der Waals surface area (Å²) in [6.07, 6.45) is 1.33. The summed E-state index contributed by atoms with van der Waals surface area (Å²) in [6.45, 7) is 0. The Morgan fingerprint density at radius 2 is 1.64 bits per heavy atom. The summed E-state index contributed by atoms with van der Waals surface area (Å²) < 4.78 is 5.08. The van der Waals surface area contributed by atoms with Crippen molar-refractivity contribution in [1.82, 2.24) is 10.6 Å². The number of hydrogen-bond acceptors (Lipinski definition) is 6. The fourth-order valence-electron chi connectivity index (χ4n) is 3.24. The monoisotopic (exact) mass is 489 g/mol. The van der Waals surface area contributed by atoms with Crippen molar-refractivity contribution in [3.05, 3.63) is 111 Å². The molecule has 3 N–H and O–H groups in total. The Morgan fingerprint density at radius 3 is 2.19 bits per heavy atom. The van der Waals surface area contributed by atoms with Crippen LogP contribution in [0.5, 0.6) is 5.75 Å². The summed E-state index contributed by atoms with van der Waals surface area (Å²) in [5, 5.41) is 25.5. The molecular formula is C26H23N3O7. The van der Waals surface area contributed by atoms with Gasteiger partial charge >= 0.3 is 5.97 Å². The van der Waals surface area contributed by atoms with Gasteiger partial charge in [0.2, 0.25) is 0 Å². The number of ether oxygens (including phenoxy) is 1. The Bertz CT molecular complexity index is 1270. The first-order valence-electron chi connectivity index (χ1n) is 10.8. The Kier molecular flexibility index (Phi) is 8.49. The quantitative estimate of drug-likeness (QED) is 0.225. The first kappa shape index (κ1) is 25.6. The molecule has 36 heavy (non-hydrogen) atoms. The molecule has 1 atom stereocenters. The van der Waals surface area contributed by atoms with Gasteiger partial charge in [-0.1, -0.05) is 30.3 Å². The van der Waals surface area contributed by atoms with Crippen molar-refractivity contribution in [2.75, 3.05) is 7.11 Å². The van der Waals surface area contributed by atoms with Gasteiger partial charge in [-0.2, -0.15) is 0 Å². The Balaban J connectivity index is 1.88. The second-order valence-corrected chi connectivity index (χ2v) is 7.64. The number of carbonyl (C=O) groups is 3. The van der Waals surface area contributed by atoms with Crippen LogP contribution < -0.4 is 15.4 Å². The number of carboxylic acids is 1. The standard InChI is InChI=1S/C26H23N3O7/c1-36-21-13-9-19(10-14-21)24(30)27-22(15-18-7-11-20(12-8-18)29(34)35)25(31)28-23(26(32)33)16-17-5-3-2-4-6-17/h2-15,23H,16H2,1H3,(H,27,30)(H,28,31)(H,32,33)/b22-15-/t23-/m1/s1. The second-order valence-electron chi connectivity index (χ2n) is 7.64. The first-order valence-corrected chi connectivity index (χ1v) is 10.8. The van der Waals surface area contributed by atoms with Crippen molar-refractivity contribution in [3.8, 4) is 5.75 Å². The van der Waals surface area contributed by atoms with Gasteiger partial charge in [0.1, 0.15) is 17.5 Å². The van der Waals surface area contributed by atoms with E-state index in [1.807, 2.05) is 0 Å². The van der Waals surface area contributed by atoms with E-state index in [0.717, 1.165) is 0 Å². The summed E-state index contributed by atoms with van der Waals surface area (Å²) in [5.41, 5.74) is 0.944. The number of non-ortho nitro benzene ring substituents is 1. The number of aliphatic carboxylic acids is 1. The number of methoxy groups -OCH3 is 1. The third kappa shape index (κ3) is 7.00. The molecule has 0 saturated carbocycles. The lowest BCUT2D eigenvalue weighted by Gasteiger charge is -2.17. The smallest absolute Gasteiger partial charge is 0.326 e. The zero-order chi connectivity index (χ0) is 26.1. The summed E-state index contributed by atoms with van der Waals surface area (Å²) in [5.74, 6) is -2.16. The largest absolute Gasteiger partial charge is 0.497 e. The van der Waals surface area contributed by atoms with E-state index < -0.39 is 28.7 Å². The molecule has 0 fully saturated rings. The maximum absolute atomic E-state index is 13.1. The number of nitro benzene ring substituents is 1. The van der Waals surface area contributed by atoms with Crippen molar-refractivity contribution in [3.63, 3.8) is 0 Å². The van der Waals surface area contributed by atoms with Crippen LogP contribution in [0.3, 0.4) is 0 Å². The molecule has 184 valence electrons. The first-order chi connectivity index (χ1) is 17.3. The highest BCUT2D eigenvalue weighted by molar-refractivity contribution is 6.06. The van der Waals surface area contributed by atoms with E-state index >= 15 is 0 Å². The maximum Gasteiger partial charge on any atom is 0.326 e. The van der Waals surface area contributed by atoms with E-state index in [1.165, 1.54) is 49.6 Å². The van der Waals surface area contributed by atoms with Crippen molar-refractivity contribution < 1.29 is 29.2 Å². The molecule has 0 heterocycles. The molecule has 10 nitrogen and oxygen atoms in total. The van der Waals surface area contributed by atoms with Crippen LogP contribution in [0.1, 0.15) is 21.5 Å². The fraction of sp³-hybridized carbons (Fsp3) is 0.115. The van der Waals surface area contributed by atoms with Crippen molar-refractivity contribution >= 4 is 29.5 Å². The molecule has 0 saturated heterocycles. The van der Waals surface area contributed by atoms with E-state index in [4.69, 9.17) is 4.74 Å². The van der Waals surface area contributed by atoms with E-state index in [0.29, 0.717) is 16.9 Å². The van der Waals surface area contributed by atoms with Crippen LogP contribution in [0.2, 0.25) is 0 Å². The van der Waals surface area contributed by atoms with Gasteiger partial charge < -0.3 is 20.5 Å². The van der Waals surface area contributed by atoms with Crippen LogP contribution in [0, 0.1) is 10.1 Å². The molecule has 0 unspecified atom stereocenters. The number of nitro groups is 1. The van der Waals surface area contributed by atoms with Gasteiger partial charge in [-0.15, -0.1) is 0 Å². The van der Waals surface area contributed by atoms with Crippen LogP contribution in [0.25, 0.3) is 6.08 Å². The molecular weight excluding hydrogens is 466 g/mol. The summed E-state index contributed by atoms with van der Waals surface area (Å²) in [4.78, 5) is 48.1. The van der Waals surface area contributed by atoms with Crippen LogP contribution in [-0.4, -0.2) is 41.0 Å². The predicted octanol–water partition coefficient (Wildman–Crippen LogP) is 3.19. The highest BCUT2D eigenvalue weighted by atomic mass is 16.6. The van der Waals surface area contributed by atoms with Gasteiger partial charge in [0.15, 0.2) is 0 Å². The zero-order valence-corrected chi connectivity index (χ0v) is 19.2. The van der Waals surface area contributed by atoms with E-state index in [1.54, 1.807) is 42.5 Å². The molecule has 3 rings (SSSR count). The topological polar surface area (TPSA) is 148 Å². The Hall–Kier alpha value is -4.99. The highest BCUT2D eigenvalue weighted by Crippen LogP contribution is 2.16. The molecule has 0 bridgehead atoms. The number of rotatable bonds is 10. The lowest BCUT2D eigenvalue weighted by Crippen LogP contribution is -2.45. The molecule has 0 aromatic heterocycles. The highest BCUT2D eigenvalue weighted by Gasteiger charge is 2.23. The minimum absolute atomic E-state index is 0.0269. The number of nitrogens with one attached hydrogen (secondary N) is 2. The maximum atomic E-state index is 13.1. The van der Waals surface area contributed by atoms with Crippen molar-refractivity contribution in [1.29, 1.82) is 0 Å². The number of carboxylic acid groups (broad SMARTS) is 1. The lowest BCUT2D eigenvalue weighted by molar-refractivity contribution is -0.384. The number of carbonyl (C=O) groups excluding carboxylic acids is 2. The minimum Gasteiger partial charge on any atom is -0.497 e.